The summed E-state index contributed by atoms with van der Waals surface area (Å²) in [4.78, 5) is 48.3. The fourth-order valence-corrected chi connectivity index (χ4v) is 6.56. The number of hydrogen-bond donors (Lipinski definition) is 1. The first kappa shape index (κ1) is 21.2. The van der Waals surface area contributed by atoms with Crippen molar-refractivity contribution in [3.8, 4) is 5.69 Å². The molecule has 1 aromatic heterocycles. The van der Waals surface area contributed by atoms with Gasteiger partial charge in [0.1, 0.15) is 11.4 Å². The topological polar surface area (TPSA) is 84.3 Å². The van der Waals surface area contributed by atoms with Crippen molar-refractivity contribution >= 4 is 28.4 Å². The maximum absolute atomic E-state index is 14.2. The molecule has 7 nitrogen and oxygen atoms in total. The highest BCUT2D eigenvalue weighted by Crippen LogP contribution is 2.56. The van der Waals surface area contributed by atoms with Gasteiger partial charge >= 0.3 is 0 Å². The largest absolute Gasteiger partial charge is 0.296 e. The predicted molar refractivity (Wildman–Crippen MR) is 136 cm³/mol. The molecule has 2 fully saturated rings. The number of aromatic nitrogens is 2. The van der Waals surface area contributed by atoms with Crippen molar-refractivity contribution in [1.82, 2.24) is 14.9 Å². The quantitative estimate of drug-likeness (QED) is 0.449. The molecule has 4 atom stereocenters. The fourth-order valence-electron chi connectivity index (χ4n) is 6.56. The van der Waals surface area contributed by atoms with E-state index in [1.54, 1.807) is 22.8 Å². The molecule has 4 heterocycles. The second-order valence-corrected chi connectivity index (χ2v) is 10.2. The summed E-state index contributed by atoms with van der Waals surface area (Å²) in [6.45, 7) is 4.11. The number of amides is 2. The maximum atomic E-state index is 14.2. The molecule has 1 N–H and O–H groups in total. The van der Waals surface area contributed by atoms with Crippen LogP contribution in [0.2, 0.25) is 0 Å². The van der Waals surface area contributed by atoms with Crippen LogP contribution in [0.1, 0.15) is 25.2 Å². The Bertz CT molecular complexity index is 1640. The van der Waals surface area contributed by atoms with Gasteiger partial charge in [-0.15, -0.1) is 0 Å². The number of nitrogens with zero attached hydrogens (tertiary/aromatic N) is 3. The average molecular weight is 477 g/mol. The van der Waals surface area contributed by atoms with Crippen LogP contribution in [0.3, 0.4) is 0 Å². The molecule has 0 unspecified atom stereocenters. The van der Waals surface area contributed by atoms with Crippen molar-refractivity contribution in [1.29, 1.82) is 0 Å². The highest BCUT2D eigenvalue weighted by molar-refractivity contribution is 6.23. The number of imide groups is 1. The van der Waals surface area contributed by atoms with Gasteiger partial charge in [-0.3, -0.25) is 24.3 Å². The predicted octanol–water partition coefficient (Wildman–Crippen LogP) is 3.38. The van der Waals surface area contributed by atoms with Crippen molar-refractivity contribution in [2.45, 2.75) is 25.4 Å². The molecule has 4 aromatic rings. The molecule has 7 heteroatoms. The van der Waals surface area contributed by atoms with Crippen LogP contribution < -0.4 is 15.8 Å². The zero-order valence-electron chi connectivity index (χ0n) is 19.9. The highest BCUT2D eigenvalue weighted by Gasteiger charge is 2.70. The average Bonchev–Trinajstić information content (AvgIpc) is 3.48. The maximum Gasteiger partial charge on any atom is 0.266 e. The van der Waals surface area contributed by atoms with Gasteiger partial charge in [-0.25, -0.2) is 9.88 Å². The molecule has 178 valence electrons. The number of hydrogen-bond acceptors (Lipinski definition) is 5. The molecule has 2 amide bonds. The SMILES string of the molecule is CC(C)[C@H]1N[C@@]2(c3ccccc3-n3c2nc2ccccc2c3=O)[C@H]2C(=O)N(c3ccccc3)C(=O)[C@H]12. The smallest absolute Gasteiger partial charge is 0.266 e. The summed E-state index contributed by atoms with van der Waals surface area (Å²) in [6.07, 6.45) is 0. The van der Waals surface area contributed by atoms with E-state index in [2.05, 4.69) is 19.2 Å². The lowest BCUT2D eigenvalue weighted by atomic mass is 9.75. The van der Waals surface area contributed by atoms with Crippen LogP contribution in [0.4, 0.5) is 5.69 Å². The van der Waals surface area contributed by atoms with Gasteiger partial charge in [-0.1, -0.05) is 62.4 Å². The van der Waals surface area contributed by atoms with E-state index in [1.165, 1.54) is 4.90 Å². The minimum absolute atomic E-state index is 0.0674. The molecule has 0 radical (unpaired) electrons. The van der Waals surface area contributed by atoms with Gasteiger partial charge in [-0.2, -0.15) is 0 Å². The molecule has 0 aliphatic carbocycles. The summed E-state index contributed by atoms with van der Waals surface area (Å²) < 4.78 is 1.63. The van der Waals surface area contributed by atoms with E-state index in [1.807, 2.05) is 60.7 Å². The van der Waals surface area contributed by atoms with Crippen molar-refractivity contribution < 1.29 is 9.59 Å². The first-order chi connectivity index (χ1) is 17.4. The zero-order valence-corrected chi connectivity index (χ0v) is 19.9. The van der Waals surface area contributed by atoms with Crippen LogP contribution in [0.5, 0.6) is 0 Å². The highest BCUT2D eigenvalue weighted by atomic mass is 16.2. The lowest BCUT2D eigenvalue weighted by Gasteiger charge is -2.32. The van der Waals surface area contributed by atoms with E-state index in [0.717, 1.165) is 5.56 Å². The summed E-state index contributed by atoms with van der Waals surface area (Å²) in [5, 5.41) is 4.23. The van der Waals surface area contributed by atoms with Crippen molar-refractivity contribution in [2.24, 2.45) is 17.8 Å². The number of anilines is 1. The van der Waals surface area contributed by atoms with E-state index in [-0.39, 0.29) is 29.3 Å². The first-order valence-electron chi connectivity index (χ1n) is 12.3. The van der Waals surface area contributed by atoms with E-state index in [9.17, 15) is 14.4 Å². The summed E-state index contributed by atoms with van der Waals surface area (Å²) in [5.74, 6) is -1.25. The number of benzene rings is 3. The lowest BCUT2D eigenvalue weighted by Crippen LogP contribution is -2.51. The number of rotatable bonds is 2. The number of nitrogens with one attached hydrogen (secondary N) is 1. The third kappa shape index (κ3) is 2.45. The Morgan fingerprint density at radius 1 is 0.861 bits per heavy atom. The second-order valence-electron chi connectivity index (χ2n) is 10.2. The summed E-state index contributed by atoms with van der Waals surface area (Å²) in [6, 6.07) is 23.7. The van der Waals surface area contributed by atoms with E-state index >= 15 is 0 Å². The van der Waals surface area contributed by atoms with Crippen molar-refractivity contribution in [2.75, 3.05) is 4.90 Å². The summed E-state index contributed by atoms with van der Waals surface area (Å²) in [7, 11) is 0. The number of carbonyl (C=O) groups excluding carboxylic acids is 2. The van der Waals surface area contributed by atoms with E-state index in [4.69, 9.17) is 4.98 Å². The molecule has 3 aromatic carbocycles. The molecule has 7 rings (SSSR count). The number of carbonyl (C=O) groups is 2. The molecule has 3 aliphatic rings. The van der Waals surface area contributed by atoms with Gasteiger partial charge in [0.15, 0.2) is 0 Å². The molecule has 0 saturated carbocycles. The number of fused-ring (bicyclic) bond motifs is 8. The Labute approximate surface area is 207 Å². The molecular formula is C29H24N4O3. The Morgan fingerprint density at radius 2 is 1.56 bits per heavy atom. The van der Waals surface area contributed by atoms with Crippen LogP contribution in [0.25, 0.3) is 16.6 Å². The van der Waals surface area contributed by atoms with Gasteiger partial charge in [0.05, 0.1) is 34.1 Å². The molecule has 2 saturated heterocycles. The first-order valence-corrected chi connectivity index (χ1v) is 12.3. The Morgan fingerprint density at radius 3 is 2.33 bits per heavy atom. The normalized spacial score (nSPS) is 26.2. The van der Waals surface area contributed by atoms with Crippen LogP contribution in [0.15, 0.2) is 83.7 Å². The van der Waals surface area contributed by atoms with E-state index in [0.29, 0.717) is 28.1 Å². The van der Waals surface area contributed by atoms with Crippen LogP contribution in [0, 0.1) is 17.8 Å². The Kier molecular flexibility index (Phi) is 4.25. The third-order valence-electron chi connectivity index (χ3n) is 8.03. The second kappa shape index (κ2) is 7.21. The van der Waals surface area contributed by atoms with Crippen LogP contribution in [-0.4, -0.2) is 27.4 Å². The van der Waals surface area contributed by atoms with Crippen LogP contribution in [-0.2, 0) is 15.1 Å². The van der Waals surface area contributed by atoms with Crippen molar-refractivity contribution in [3.05, 3.63) is 101 Å². The van der Waals surface area contributed by atoms with Gasteiger partial charge < -0.3 is 0 Å². The lowest BCUT2D eigenvalue weighted by molar-refractivity contribution is -0.123. The zero-order chi connectivity index (χ0) is 24.8. The van der Waals surface area contributed by atoms with Gasteiger partial charge in [0.2, 0.25) is 11.8 Å². The Balaban J connectivity index is 1.55. The van der Waals surface area contributed by atoms with Gasteiger partial charge in [0.25, 0.3) is 5.56 Å². The molecule has 36 heavy (non-hydrogen) atoms. The fraction of sp³-hybridized carbons (Fsp3) is 0.241. The summed E-state index contributed by atoms with van der Waals surface area (Å²) >= 11 is 0. The minimum Gasteiger partial charge on any atom is -0.296 e. The molecular weight excluding hydrogens is 452 g/mol. The van der Waals surface area contributed by atoms with E-state index < -0.39 is 17.4 Å². The third-order valence-corrected chi connectivity index (χ3v) is 8.03. The van der Waals surface area contributed by atoms with Crippen LogP contribution >= 0.6 is 0 Å². The number of para-hydroxylation sites is 3. The Hall–Kier alpha value is -4.10. The monoisotopic (exact) mass is 476 g/mol. The van der Waals surface area contributed by atoms with Crippen molar-refractivity contribution in [3.63, 3.8) is 0 Å². The molecule has 3 aliphatic heterocycles. The van der Waals surface area contributed by atoms with Gasteiger partial charge in [-0.05, 0) is 36.2 Å². The molecule has 0 bridgehead atoms. The minimum atomic E-state index is -1.10. The summed E-state index contributed by atoms with van der Waals surface area (Å²) in [5.41, 5.74) is 1.36. The standard InChI is InChI=1S/C29H24N4O3/c1-16(2)24-22-23(27(36)32(26(22)35)17-10-4-3-5-11-17)29(31-24)19-13-7-9-15-21(19)33-25(34)18-12-6-8-14-20(18)30-28(29)33/h3-16,22-24,31H,1-2H3/t22-,23+,24+,29-/m0/s1. The molecule has 1 spiro atoms. The van der Waals surface area contributed by atoms with Gasteiger partial charge in [0, 0.05) is 11.6 Å².